The van der Waals surface area contributed by atoms with Crippen molar-refractivity contribution in [3.8, 4) is 5.75 Å². The second-order valence-electron chi connectivity index (χ2n) is 5.85. The van der Waals surface area contributed by atoms with Crippen LogP contribution in [-0.2, 0) is 11.3 Å². The second kappa shape index (κ2) is 7.68. The number of hydrogen-bond acceptors (Lipinski definition) is 3. The first kappa shape index (κ1) is 16.9. The molecule has 0 fully saturated rings. The van der Waals surface area contributed by atoms with Gasteiger partial charge in [-0.3, -0.25) is 4.79 Å². The Balaban J connectivity index is 2.04. The smallest absolute Gasteiger partial charge is 0.221 e. The fraction of sp³-hybridized carbons (Fsp3) is 0.316. The van der Waals surface area contributed by atoms with E-state index in [0.717, 1.165) is 12.2 Å². The fourth-order valence-electron chi connectivity index (χ4n) is 2.32. The Morgan fingerprint density at radius 2 is 1.83 bits per heavy atom. The first-order chi connectivity index (χ1) is 11.0. The Morgan fingerprint density at radius 1 is 1.13 bits per heavy atom. The van der Waals surface area contributed by atoms with Crippen molar-refractivity contribution < 1.29 is 9.53 Å². The van der Waals surface area contributed by atoms with E-state index in [-0.39, 0.29) is 5.91 Å². The summed E-state index contributed by atoms with van der Waals surface area (Å²) in [6, 6.07) is 14.3. The van der Waals surface area contributed by atoms with Gasteiger partial charge in [0.05, 0.1) is 12.8 Å². The van der Waals surface area contributed by atoms with Gasteiger partial charge in [-0.15, -0.1) is 0 Å². The Hall–Kier alpha value is -2.49. The van der Waals surface area contributed by atoms with Crippen LogP contribution in [0.1, 0.15) is 37.8 Å². The minimum absolute atomic E-state index is 0.116. The molecule has 0 aromatic heterocycles. The molecule has 2 aromatic rings. The molecule has 4 heteroatoms. The van der Waals surface area contributed by atoms with Gasteiger partial charge in [-0.2, -0.15) is 0 Å². The molecular weight excluding hydrogens is 288 g/mol. The normalized spacial score (nSPS) is 10.5. The van der Waals surface area contributed by atoms with Crippen LogP contribution in [0, 0.1) is 0 Å². The topological polar surface area (TPSA) is 50.4 Å². The van der Waals surface area contributed by atoms with Gasteiger partial charge in [0.2, 0.25) is 5.91 Å². The molecule has 0 aliphatic heterocycles. The predicted octanol–water partition coefficient (Wildman–Crippen LogP) is 4.39. The Kier molecular flexibility index (Phi) is 5.63. The third-order valence-corrected chi connectivity index (χ3v) is 3.66. The van der Waals surface area contributed by atoms with E-state index in [2.05, 4.69) is 48.7 Å². The highest BCUT2D eigenvalue weighted by molar-refractivity contribution is 5.90. The lowest BCUT2D eigenvalue weighted by atomic mass is 10.0. The molecule has 1 amide bonds. The van der Waals surface area contributed by atoms with Crippen LogP contribution in [0.25, 0.3) is 0 Å². The summed E-state index contributed by atoms with van der Waals surface area (Å²) in [5.41, 5.74) is 4.19. The SMILES string of the molecule is COc1cc(NCc2ccc(C(C)C)cc2)ccc1NC(C)=O. The number of hydrogen-bond donors (Lipinski definition) is 2. The maximum absolute atomic E-state index is 11.2. The summed E-state index contributed by atoms with van der Waals surface area (Å²) < 4.78 is 5.33. The highest BCUT2D eigenvalue weighted by Crippen LogP contribution is 2.28. The van der Waals surface area contributed by atoms with E-state index < -0.39 is 0 Å². The summed E-state index contributed by atoms with van der Waals surface area (Å²) in [5.74, 6) is 1.07. The highest BCUT2D eigenvalue weighted by atomic mass is 16.5. The number of ether oxygens (including phenoxy) is 1. The van der Waals surface area contributed by atoms with Gasteiger partial charge in [0.1, 0.15) is 5.75 Å². The van der Waals surface area contributed by atoms with Gasteiger partial charge < -0.3 is 15.4 Å². The molecule has 2 rings (SSSR count). The maximum Gasteiger partial charge on any atom is 0.221 e. The number of carbonyl (C=O) groups is 1. The number of rotatable bonds is 6. The first-order valence-electron chi connectivity index (χ1n) is 7.78. The van der Waals surface area contributed by atoms with Gasteiger partial charge in [-0.1, -0.05) is 38.1 Å². The fourth-order valence-corrected chi connectivity index (χ4v) is 2.32. The van der Waals surface area contributed by atoms with Gasteiger partial charge in [0.15, 0.2) is 0 Å². The quantitative estimate of drug-likeness (QED) is 0.831. The zero-order valence-electron chi connectivity index (χ0n) is 14.1. The molecule has 0 aliphatic rings. The molecule has 0 radical (unpaired) electrons. The molecule has 2 aromatic carbocycles. The average Bonchev–Trinajstić information content (AvgIpc) is 2.53. The van der Waals surface area contributed by atoms with Crippen molar-refractivity contribution in [2.75, 3.05) is 17.7 Å². The molecule has 0 heterocycles. The molecule has 0 unspecified atom stereocenters. The molecule has 0 bridgehead atoms. The van der Waals surface area contributed by atoms with Crippen LogP contribution in [0.2, 0.25) is 0 Å². The van der Waals surface area contributed by atoms with Crippen LogP contribution in [0.4, 0.5) is 11.4 Å². The molecule has 23 heavy (non-hydrogen) atoms. The summed E-state index contributed by atoms with van der Waals surface area (Å²) in [7, 11) is 1.59. The van der Waals surface area contributed by atoms with Gasteiger partial charge in [-0.05, 0) is 29.2 Å². The van der Waals surface area contributed by atoms with Crippen LogP contribution < -0.4 is 15.4 Å². The van der Waals surface area contributed by atoms with Crippen molar-refractivity contribution >= 4 is 17.3 Å². The molecule has 0 spiro atoms. The maximum atomic E-state index is 11.2. The number of benzene rings is 2. The molecule has 0 aliphatic carbocycles. The molecule has 0 atom stereocenters. The van der Waals surface area contributed by atoms with E-state index in [9.17, 15) is 4.79 Å². The molecular formula is C19H24N2O2. The van der Waals surface area contributed by atoms with Crippen LogP contribution >= 0.6 is 0 Å². The number of amides is 1. The van der Waals surface area contributed by atoms with Crippen LogP contribution in [0.5, 0.6) is 5.75 Å². The number of methoxy groups -OCH3 is 1. The van der Waals surface area contributed by atoms with E-state index in [1.54, 1.807) is 7.11 Å². The van der Waals surface area contributed by atoms with E-state index in [1.807, 2.05) is 18.2 Å². The van der Waals surface area contributed by atoms with Crippen molar-refractivity contribution in [3.63, 3.8) is 0 Å². The first-order valence-corrected chi connectivity index (χ1v) is 7.78. The summed E-state index contributed by atoms with van der Waals surface area (Å²) in [6.07, 6.45) is 0. The lowest BCUT2D eigenvalue weighted by Crippen LogP contribution is -2.07. The lowest BCUT2D eigenvalue weighted by molar-refractivity contribution is -0.114. The van der Waals surface area contributed by atoms with E-state index >= 15 is 0 Å². The van der Waals surface area contributed by atoms with Crippen molar-refractivity contribution in [2.24, 2.45) is 0 Å². The standard InChI is InChI=1S/C19H24N2O2/c1-13(2)16-7-5-15(6-8-16)12-20-17-9-10-18(21-14(3)22)19(11-17)23-4/h5-11,13,20H,12H2,1-4H3,(H,21,22). The largest absolute Gasteiger partial charge is 0.494 e. The number of carbonyl (C=O) groups excluding carboxylic acids is 1. The van der Waals surface area contributed by atoms with Crippen molar-refractivity contribution in [1.82, 2.24) is 0 Å². The van der Waals surface area contributed by atoms with Crippen molar-refractivity contribution in [1.29, 1.82) is 0 Å². The number of anilines is 2. The number of nitrogens with one attached hydrogen (secondary N) is 2. The van der Waals surface area contributed by atoms with E-state index in [4.69, 9.17) is 4.74 Å². The molecule has 0 saturated heterocycles. The summed E-state index contributed by atoms with van der Waals surface area (Å²) >= 11 is 0. The zero-order chi connectivity index (χ0) is 16.8. The summed E-state index contributed by atoms with van der Waals surface area (Å²) in [4.78, 5) is 11.2. The second-order valence-corrected chi connectivity index (χ2v) is 5.85. The van der Waals surface area contributed by atoms with Gasteiger partial charge in [-0.25, -0.2) is 0 Å². The van der Waals surface area contributed by atoms with Crippen LogP contribution in [0.15, 0.2) is 42.5 Å². The highest BCUT2D eigenvalue weighted by Gasteiger charge is 2.06. The summed E-state index contributed by atoms with van der Waals surface area (Å²) in [5, 5.41) is 6.12. The van der Waals surface area contributed by atoms with Gasteiger partial charge >= 0.3 is 0 Å². The predicted molar refractivity (Wildman–Crippen MR) is 95.2 cm³/mol. The average molecular weight is 312 g/mol. The Bertz CT molecular complexity index is 664. The third-order valence-electron chi connectivity index (χ3n) is 3.66. The Morgan fingerprint density at radius 3 is 2.39 bits per heavy atom. The van der Waals surface area contributed by atoms with Crippen molar-refractivity contribution in [2.45, 2.75) is 33.2 Å². The van der Waals surface area contributed by atoms with Crippen LogP contribution in [0.3, 0.4) is 0 Å². The third kappa shape index (κ3) is 4.74. The zero-order valence-corrected chi connectivity index (χ0v) is 14.1. The Labute approximate surface area is 137 Å². The molecule has 0 saturated carbocycles. The van der Waals surface area contributed by atoms with Crippen LogP contribution in [-0.4, -0.2) is 13.0 Å². The summed E-state index contributed by atoms with van der Waals surface area (Å²) in [6.45, 7) is 6.60. The van der Waals surface area contributed by atoms with E-state index in [0.29, 0.717) is 17.4 Å². The van der Waals surface area contributed by atoms with Crippen molar-refractivity contribution in [3.05, 3.63) is 53.6 Å². The molecule has 122 valence electrons. The minimum Gasteiger partial charge on any atom is -0.494 e. The minimum atomic E-state index is -0.116. The van der Waals surface area contributed by atoms with E-state index in [1.165, 1.54) is 18.1 Å². The van der Waals surface area contributed by atoms with Gasteiger partial charge in [0.25, 0.3) is 0 Å². The molecule has 4 nitrogen and oxygen atoms in total. The monoisotopic (exact) mass is 312 g/mol. The molecule has 2 N–H and O–H groups in total. The lowest BCUT2D eigenvalue weighted by Gasteiger charge is -2.13. The van der Waals surface area contributed by atoms with Gasteiger partial charge in [0, 0.05) is 25.2 Å².